The van der Waals surface area contributed by atoms with Crippen molar-refractivity contribution in [1.29, 1.82) is 0 Å². The first-order chi connectivity index (χ1) is 29.8. The molecule has 10 aromatic carbocycles. The van der Waals surface area contributed by atoms with E-state index in [-0.39, 0.29) is 0 Å². The Morgan fingerprint density at radius 3 is 1.50 bits per heavy atom. The van der Waals surface area contributed by atoms with Gasteiger partial charge in [0.05, 0.1) is 11.4 Å². The zero-order chi connectivity index (χ0) is 39.6. The van der Waals surface area contributed by atoms with Crippen LogP contribution in [0.1, 0.15) is 0 Å². The van der Waals surface area contributed by atoms with Crippen molar-refractivity contribution in [2.24, 2.45) is 0 Å². The SMILES string of the molecule is c1ccc(N(c2ccccc2)c2ccc(-c3ccc4c(c3)c3ccccc3c3c5ccc(N(c6ccccc6)c6cccc7c6oc6ccccc67)cc5oc43)cc2)cc1. The maximum Gasteiger partial charge on any atom is 0.159 e. The van der Waals surface area contributed by atoms with Crippen LogP contribution in [0.4, 0.5) is 34.1 Å². The number of furan rings is 2. The normalized spacial score (nSPS) is 11.7. The summed E-state index contributed by atoms with van der Waals surface area (Å²) in [4.78, 5) is 4.56. The fraction of sp³-hybridized carbons (Fsp3) is 0. The molecule has 0 unspecified atom stereocenters. The van der Waals surface area contributed by atoms with Crippen LogP contribution >= 0.6 is 0 Å². The third-order valence-electron chi connectivity index (χ3n) is 11.8. The number of rotatable bonds is 7. The van der Waals surface area contributed by atoms with Crippen LogP contribution in [0.15, 0.2) is 227 Å². The summed E-state index contributed by atoms with van der Waals surface area (Å²) in [7, 11) is 0. The van der Waals surface area contributed by atoms with Crippen LogP contribution in [-0.4, -0.2) is 0 Å². The van der Waals surface area contributed by atoms with Gasteiger partial charge in [-0.1, -0.05) is 127 Å². The van der Waals surface area contributed by atoms with Gasteiger partial charge >= 0.3 is 0 Å². The second-order valence-electron chi connectivity index (χ2n) is 15.3. The summed E-state index contributed by atoms with van der Waals surface area (Å²) in [6.45, 7) is 0. The summed E-state index contributed by atoms with van der Waals surface area (Å²) < 4.78 is 13.6. The molecule has 0 spiro atoms. The summed E-state index contributed by atoms with van der Waals surface area (Å²) in [5, 5.41) is 9.03. The molecule has 0 atom stereocenters. The molecular weight excluding hydrogens is 733 g/mol. The highest BCUT2D eigenvalue weighted by Gasteiger charge is 2.22. The minimum absolute atomic E-state index is 0.832. The van der Waals surface area contributed by atoms with Gasteiger partial charge in [0.1, 0.15) is 16.7 Å². The first kappa shape index (κ1) is 34.0. The van der Waals surface area contributed by atoms with Gasteiger partial charge in [-0.3, -0.25) is 0 Å². The molecular formula is C56H36N2O2. The van der Waals surface area contributed by atoms with E-state index in [0.717, 1.165) is 99.9 Å². The van der Waals surface area contributed by atoms with E-state index >= 15 is 0 Å². The predicted molar refractivity (Wildman–Crippen MR) is 251 cm³/mol. The number of fused-ring (bicyclic) bond motifs is 11. The second-order valence-corrected chi connectivity index (χ2v) is 15.3. The molecule has 0 aliphatic heterocycles. The fourth-order valence-electron chi connectivity index (χ4n) is 9.08. The fourth-order valence-corrected chi connectivity index (χ4v) is 9.08. The topological polar surface area (TPSA) is 32.8 Å². The van der Waals surface area contributed by atoms with Crippen molar-refractivity contribution in [2.75, 3.05) is 9.80 Å². The molecule has 0 N–H and O–H groups in total. The number of hydrogen-bond donors (Lipinski definition) is 0. The summed E-state index contributed by atoms with van der Waals surface area (Å²) in [5.41, 5.74) is 12.1. The van der Waals surface area contributed by atoms with E-state index in [1.54, 1.807) is 0 Å². The predicted octanol–water partition coefficient (Wildman–Crippen LogP) is 16.4. The molecule has 0 saturated heterocycles. The highest BCUT2D eigenvalue weighted by Crippen LogP contribution is 2.46. The Balaban J connectivity index is 0.992. The van der Waals surface area contributed by atoms with Crippen LogP contribution in [0.25, 0.3) is 76.5 Å². The molecule has 12 rings (SSSR count). The van der Waals surface area contributed by atoms with E-state index in [2.05, 4.69) is 210 Å². The molecule has 2 aromatic heterocycles. The molecule has 4 nitrogen and oxygen atoms in total. The summed E-state index contributed by atoms with van der Waals surface area (Å²) in [6.07, 6.45) is 0. The van der Waals surface area contributed by atoms with Crippen molar-refractivity contribution in [1.82, 2.24) is 0 Å². The molecule has 0 saturated carbocycles. The van der Waals surface area contributed by atoms with Gasteiger partial charge in [0.2, 0.25) is 0 Å². The first-order valence-electron chi connectivity index (χ1n) is 20.3. The second kappa shape index (κ2) is 13.8. The van der Waals surface area contributed by atoms with Gasteiger partial charge in [0, 0.05) is 55.7 Å². The Bertz CT molecular complexity index is 3500. The zero-order valence-electron chi connectivity index (χ0n) is 32.5. The van der Waals surface area contributed by atoms with Crippen molar-refractivity contribution in [3.05, 3.63) is 218 Å². The van der Waals surface area contributed by atoms with E-state index in [1.165, 1.54) is 10.8 Å². The van der Waals surface area contributed by atoms with E-state index < -0.39 is 0 Å². The van der Waals surface area contributed by atoms with Gasteiger partial charge in [-0.25, -0.2) is 0 Å². The van der Waals surface area contributed by atoms with Gasteiger partial charge in [-0.2, -0.15) is 0 Å². The number of para-hydroxylation sites is 5. The third-order valence-corrected chi connectivity index (χ3v) is 11.8. The Labute approximate surface area is 346 Å². The van der Waals surface area contributed by atoms with Gasteiger partial charge in [-0.15, -0.1) is 0 Å². The van der Waals surface area contributed by atoms with Gasteiger partial charge < -0.3 is 18.6 Å². The van der Waals surface area contributed by atoms with E-state index in [9.17, 15) is 0 Å². The quantitative estimate of drug-likeness (QED) is 0.151. The molecule has 0 aliphatic rings. The highest BCUT2D eigenvalue weighted by molar-refractivity contribution is 6.30. The molecule has 0 fully saturated rings. The van der Waals surface area contributed by atoms with Gasteiger partial charge in [0.15, 0.2) is 5.58 Å². The Morgan fingerprint density at radius 1 is 0.267 bits per heavy atom. The lowest BCUT2D eigenvalue weighted by atomic mass is 9.94. The summed E-state index contributed by atoms with van der Waals surface area (Å²) in [5.74, 6) is 0. The lowest BCUT2D eigenvalue weighted by Crippen LogP contribution is -2.09. The summed E-state index contributed by atoms with van der Waals surface area (Å²) >= 11 is 0. The minimum atomic E-state index is 0.832. The van der Waals surface area contributed by atoms with Crippen molar-refractivity contribution in [3.63, 3.8) is 0 Å². The standard InChI is InChI=1S/C56H36N2O2/c1-4-15-39(16-5-1)57(40-17-6-2-7-18-40)42-30-27-37(28-31-42)38-29-33-48-50(35-38)44-21-10-11-23-46(44)54-49-34-32-43(36-53(49)60-56(48)54)58(41-19-8-3-9-20-41)51-25-14-24-47-45-22-12-13-26-52(45)59-55(47)51/h1-36H. The van der Waals surface area contributed by atoms with Crippen LogP contribution in [0, 0.1) is 0 Å². The third kappa shape index (κ3) is 5.46. The number of nitrogens with zero attached hydrogens (tertiary/aromatic N) is 2. The zero-order valence-corrected chi connectivity index (χ0v) is 32.5. The molecule has 0 radical (unpaired) electrons. The molecule has 4 heteroatoms. The van der Waals surface area contributed by atoms with Crippen LogP contribution in [0.5, 0.6) is 0 Å². The first-order valence-corrected chi connectivity index (χ1v) is 20.3. The van der Waals surface area contributed by atoms with E-state index in [4.69, 9.17) is 8.83 Å². The molecule has 0 aliphatic carbocycles. The lowest BCUT2D eigenvalue weighted by molar-refractivity contribution is 0.668. The Morgan fingerprint density at radius 2 is 0.783 bits per heavy atom. The largest absolute Gasteiger partial charge is 0.455 e. The molecule has 2 heterocycles. The van der Waals surface area contributed by atoms with Crippen LogP contribution in [0.2, 0.25) is 0 Å². The van der Waals surface area contributed by atoms with E-state index in [0.29, 0.717) is 0 Å². The lowest BCUT2D eigenvalue weighted by Gasteiger charge is -2.25. The van der Waals surface area contributed by atoms with Crippen LogP contribution in [0.3, 0.4) is 0 Å². The maximum atomic E-state index is 6.99. The Hall–Kier alpha value is -8.08. The van der Waals surface area contributed by atoms with Crippen molar-refractivity contribution < 1.29 is 8.83 Å². The van der Waals surface area contributed by atoms with Crippen molar-refractivity contribution >= 4 is 99.5 Å². The molecule has 0 amide bonds. The van der Waals surface area contributed by atoms with Crippen LogP contribution in [-0.2, 0) is 0 Å². The Kier molecular flexibility index (Phi) is 7.82. The monoisotopic (exact) mass is 768 g/mol. The van der Waals surface area contributed by atoms with Crippen molar-refractivity contribution in [2.45, 2.75) is 0 Å². The maximum absolute atomic E-state index is 6.99. The average molecular weight is 769 g/mol. The minimum Gasteiger partial charge on any atom is -0.455 e. The van der Waals surface area contributed by atoms with Crippen molar-refractivity contribution in [3.8, 4) is 11.1 Å². The van der Waals surface area contributed by atoms with Gasteiger partial charge in [0.25, 0.3) is 0 Å². The highest BCUT2D eigenvalue weighted by atomic mass is 16.3. The van der Waals surface area contributed by atoms with Crippen LogP contribution < -0.4 is 9.80 Å². The number of benzene rings is 10. The van der Waals surface area contributed by atoms with E-state index in [1.807, 2.05) is 18.2 Å². The smallest absolute Gasteiger partial charge is 0.159 e. The van der Waals surface area contributed by atoms with Gasteiger partial charge in [-0.05, 0) is 112 Å². The average Bonchev–Trinajstić information content (AvgIpc) is 3.90. The summed E-state index contributed by atoms with van der Waals surface area (Å²) in [6, 6.07) is 77.1. The molecule has 60 heavy (non-hydrogen) atoms. The molecule has 282 valence electrons. The number of hydrogen-bond acceptors (Lipinski definition) is 4. The molecule has 0 bridgehead atoms. The number of anilines is 6. The molecule has 12 aromatic rings.